The molecule has 3 N–H and O–H groups in total. The van der Waals surface area contributed by atoms with Crippen LogP contribution in [-0.4, -0.2) is 36.1 Å². The molecule has 0 aliphatic heterocycles. The van der Waals surface area contributed by atoms with Crippen LogP contribution in [0, 0.1) is 11.3 Å². The maximum Gasteiger partial charge on any atom is 0.149 e. The Bertz CT molecular complexity index is 424. The minimum Gasteiger partial charge on any atom is -0.396 e. The summed E-state index contributed by atoms with van der Waals surface area (Å²) in [5, 5.41) is 11.9. The van der Waals surface area contributed by atoms with Crippen LogP contribution in [0.25, 0.3) is 0 Å². The van der Waals surface area contributed by atoms with Gasteiger partial charge in [-0.3, -0.25) is 0 Å². The van der Waals surface area contributed by atoms with E-state index in [9.17, 15) is 0 Å². The van der Waals surface area contributed by atoms with Crippen LogP contribution in [0.5, 0.6) is 0 Å². The number of anilines is 2. The van der Waals surface area contributed by atoms with Gasteiger partial charge in [-0.15, -0.1) is 0 Å². The molecule has 18 heavy (non-hydrogen) atoms. The maximum absolute atomic E-state index is 8.72. The third-order valence-corrected chi connectivity index (χ3v) is 3.15. The van der Waals surface area contributed by atoms with E-state index in [0.717, 1.165) is 19.5 Å². The molecule has 0 aliphatic rings. The summed E-state index contributed by atoms with van der Waals surface area (Å²) in [5.74, 6) is 0.645. The highest BCUT2D eigenvalue weighted by Crippen LogP contribution is 2.15. The van der Waals surface area contributed by atoms with Gasteiger partial charge in [0.05, 0.1) is 11.3 Å². The summed E-state index contributed by atoms with van der Waals surface area (Å²) in [6.45, 7) is 6.09. The summed E-state index contributed by atoms with van der Waals surface area (Å²) in [6, 6.07) is 4.21. The molecule has 0 saturated carbocycles. The number of rotatable bonds is 6. The van der Waals surface area contributed by atoms with Crippen LogP contribution in [0.2, 0.25) is 0 Å². The van der Waals surface area contributed by atoms with Crippen LogP contribution in [0.15, 0.2) is 12.3 Å². The van der Waals surface area contributed by atoms with Crippen molar-refractivity contribution in [3.05, 3.63) is 17.8 Å². The minimum absolute atomic E-state index is 0.481. The molecule has 98 valence electrons. The van der Waals surface area contributed by atoms with E-state index in [0.29, 0.717) is 23.1 Å². The fraction of sp³-hybridized carbons (Fsp3) is 0.538. The zero-order valence-electron chi connectivity index (χ0n) is 11.3. The van der Waals surface area contributed by atoms with E-state index in [4.69, 9.17) is 11.0 Å². The van der Waals surface area contributed by atoms with Gasteiger partial charge in [0, 0.05) is 25.3 Å². The Kier molecular flexibility index (Phi) is 5.40. The first kappa shape index (κ1) is 14.3. The first-order valence-corrected chi connectivity index (χ1v) is 6.18. The van der Waals surface area contributed by atoms with E-state index >= 15 is 0 Å². The number of aromatic nitrogens is 1. The zero-order valence-corrected chi connectivity index (χ0v) is 11.3. The van der Waals surface area contributed by atoms with Gasteiger partial charge < -0.3 is 16.0 Å². The van der Waals surface area contributed by atoms with E-state index in [-0.39, 0.29) is 0 Å². The van der Waals surface area contributed by atoms with Gasteiger partial charge in [0.1, 0.15) is 11.9 Å². The van der Waals surface area contributed by atoms with Crippen molar-refractivity contribution in [3.8, 4) is 6.07 Å². The van der Waals surface area contributed by atoms with Crippen molar-refractivity contribution in [2.75, 3.05) is 31.2 Å². The molecule has 1 unspecified atom stereocenters. The van der Waals surface area contributed by atoms with Crippen LogP contribution in [0.1, 0.15) is 25.8 Å². The molecule has 0 bridgehead atoms. The molecule has 1 aromatic heterocycles. The van der Waals surface area contributed by atoms with E-state index in [1.165, 1.54) is 6.20 Å². The summed E-state index contributed by atoms with van der Waals surface area (Å²) in [5.41, 5.74) is 6.81. The summed E-state index contributed by atoms with van der Waals surface area (Å²) in [6.07, 6.45) is 2.66. The highest BCUT2D eigenvalue weighted by molar-refractivity contribution is 5.62. The lowest BCUT2D eigenvalue weighted by molar-refractivity contribution is 0.261. The monoisotopic (exact) mass is 247 g/mol. The highest BCUT2D eigenvalue weighted by atomic mass is 15.1. The SMILES string of the molecule is CCC(C)N(C)CCNc1ncc(C#N)cc1N. The number of nitrogens with two attached hydrogens (primary N) is 1. The molecule has 0 fully saturated rings. The van der Waals surface area contributed by atoms with Gasteiger partial charge in [-0.25, -0.2) is 4.98 Å². The molecule has 1 heterocycles. The Hall–Kier alpha value is -1.80. The number of nitrogens with one attached hydrogen (secondary N) is 1. The smallest absolute Gasteiger partial charge is 0.149 e. The quantitative estimate of drug-likeness (QED) is 0.799. The molecule has 0 saturated heterocycles. The van der Waals surface area contributed by atoms with Crippen molar-refractivity contribution in [2.45, 2.75) is 26.3 Å². The number of nitrogen functional groups attached to an aromatic ring is 1. The third-order valence-electron chi connectivity index (χ3n) is 3.15. The Morgan fingerprint density at radius 1 is 1.61 bits per heavy atom. The second-order valence-corrected chi connectivity index (χ2v) is 4.44. The van der Waals surface area contributed by atoms with Crippen LogP contribution in [0.4, 0.5) is 11.5 Å². The van der Waals surface area contributed by atoms with Crippen LogP contribution in [-0.2, 0) is 0 Å². The average molecular weight is 247 g/mol. The van der Waals surface area contributed by atoms with Gasteiger partial charge >= 0.3 is 0 Å². The number of nitriles is 1. The van der Waals surface area contributed by atoms with Crippen molar-refractivity contribution < 1.29 is 0 Å². The first-order valence-electron chi connectivity index (χ1n) is 6.18. The molecule has 0 spiro atoms. The van der Waals surface area contributed by atoms with Crippen molar-refractivity contribution in [2.24, 2.45) is 0 Å². The molecule has 0 radical (unpaired) electrons. The number of hydrogen-bond donors (Lipinski definition) is 2. The van der Waals surface area contributed by atoms with E-state index in [2.05, 4.69) is 36.1 Å². The number of pyridine rings is 1. The van der Waals surface area contributed by atoms with Crippen molar-refractivity contribution in [3.63, 3.8) is 0 Å². The van der Waals surface area contributed by atoms with Gasteiger partial charge in [-0.05, 0) is 26.5 Å². The fourth-order valence-electron chi connectivity index (χ4n) is 1.57. The van der Waals surface area contributed by atoms with Gasteiger partial charge in [0.15, 0.2) is 0 Å². The normalized spacial score (nSPS) is 12.2. The predicted molar refractivity (Wildman–Crippen MR) is 74.2 cm³/mol. The molecular formula is C13H21N5. The predicted octanol–water partition coefficient (Wildman–Crippen LogP) is 1.68. The fourth-order valence-corrected chi connectivity index (χ4v) is 1.57. The van der Waals surface area contributed by atoms with Gasteiger partial charge in [0.25, 0.3) is 0 Å². The zero-order chi connectivity index (χ0) is 13.5. The average Bonchev–Trinajstić information content (AvgIpc) is 2.39. The summed E-state index contributed by atoms with van der Waals surface area (Å²) < 4.78 is 0. The molecule has 0 amide bonds. The largest absolute Gasteiger partial charge is 0.396 e. The molecular weight excluding hydrogens is 226 g/mol. The number of nitrogens with zero attached hydrogens (tertiary/aromatic N) is 3. The molecule has 0 aliphatic carbocycles. The van der Waals surface area contributed by atoms with Crippen molar-refractivity contribution in [1.82, 2.24) is 9.88 Å². The molecule has 1 aromatic rings. The minimum atomic E-state index is 0.481. The second kappa shape index (κ2) is 6.82. The van der Waals surface area contributed by atoms with E-state index < -0.39 is 0 Å². The molecule has 5 nitrogen and oxygen atoms in total. The summed E-state index contributed by atoms with van der Waals surface area (Å²) >= 11 is 0. The summed E-state index contributed by atoms with van der Waals surface area (Å²) in [4.78, 5) is 6.42. The van der Waals surface area contributed by atoms with Crippen molar-refractivity contribution in [1.29, 1.82) is 5.26 Å². The Balaban J connectivity index is 2.47. The lowest BCUT2D eigenvalue weighted by atomic mass is 10.2. The molecule has 0 aromatic carbocycles. The highest BCUT2D eigenvalue weighted by Gasteiger charge is 2.06. The second-order valence-electron chi connectivity index (χ2n) is 4.44. The van der Waals surface area contributed by atoms with Gasteiger partial charge in [0.2, 0.25) is 0 Å². The lowest BCUT2D eigenvalue weighted by Crippen LogP contribution is -2.32. The van der Waals surface area contributed by atoms with Crippen LogP contribution >= 0.6 is 0 Å². The Labute approximate surface area is 109 Å². The maximum atomic E-state index is 8.72. The standard InChI is InChI=1S/C13H21N5/c1-4-10(2)18(3)6-5-16-13-12(15)7-11(8-14)9-17-13/h7,9-10H,4-6,15H2,1-3H3,(H,16,17). The number of hydrogen-bond acceptors (Lipinski definition) is 5. The van der Waals surface area contributed by atoms with Crippen molar-refractivity contribution >= 4 is 11.5 Å². The molecule has 1 atom stereocenters. The van der Waals surface area contributed by atoms with E-state index in [1.807, 2.05) is 6.07 Å². The molecule has 1 rings (SSSR count). The third kappa shape index (κ3) is 3.90. The Morgan fingerprint density at radius 2 is 2.33 bits per heavy atom. The lowest BCUT2D eigenvalue weighted by Gasteiger charge is -2.23. The van der Waals surface area contributed by atoms with Gasteiger partial charge in [-0.2, -0.15) is 5.26 Å². The molecule has 5 heteroatoms. The first-order chi connectivity index (χ1) is 8.58. The van der Waals surface area contributed by atoms with Crippen LogP contribution < -0.4 is 11.1 Å². The van der Waals surface area contributed by atoms with Crippen LogP contribution in [0.3, 0.4) is 0 Å². The Morgan fingerprint density at radius 3 is 2.89 bits per heavy atom. The number of likely N-dealkylation sites (N-methyl/N-ethyl adjacent to an activating group) is 1. The topological polar surface area (TPSA) is 78.0 Å². The summed E-state index contributed by atoms with van der Waals surface area (Å²) in [7, 11) is 2.10. The van der Waals surface area contributed by atoms with Gasteiger partial charge in [-0.1, -0.05) is 6.92 Å². The van der Waals surface area contributed by atoms with E-state index in [1.54, 1.807) is 6.07 Å².